The molecular weight excluding hydrogens is 426 g/mol. The second kappa shape index (κ2) is 7.80. The number of aryl methyl sites for hydroxylation is 3. The molecule has 0 bridgehead atoms. The van der Waals surface area contributed by atoms with Crippen molar-refractivity contribution in [2.45, 2.75) is 20.8 Å². The first kappa shape index (κ1) is 19.3. The van der Waals surface area contributed by atoms with E-state index in [1.807, 2.05) is 87.5 Å². The van der Waals surface area contributed by atoms with Crippen LogP contribution in [-0.4, -0.2) is 11.0 Å². The summed E-state index contributed by atoms with van der Waals surface area (Å²) in [6.07, 6.45) is 0. The third kappa shape index (κ3) is 4.08. The molecule has 0 atom stereocenters. The van der Waals surface area contributed by atoms with Gasteiger partial charge in [-0.15, -0.1) is 0 Å². The minimum atomic E-state index is -0.385. The Morgan fingerprint density at radius 2 is 1.62 bits per heavy atom. The van der Waals surface area contributed by atoms with Crippen molar-refractivity contribution in [2.24, 2.45) is 0 Å². The molecule has 4 aromatic rings. The molecule has 4 heteroatoms. The molecule has 0 aliphatic heterocycles. The van der Waals surface area contributed by atoms with Crippen LogP contribution in [0.2, 0.25) is 0 Å². The Hall–Kier alpha value is -2.98. The van der Waals surface area contributed by atoms with Crippen LogP contribution in [0.1, 0.15) is 27.0 Å². The first-order valence-electron chi connectivity index (χ1n) is 9.37. The summed E-state index contributed by atoms with van der Waals surface area (Å²) in [6.45, 7) is 6.04. The summed E-state index contributed by atoms with van der Waals surface area (Å²) in [6, 6.07) is 21.3. The van der Waals surface area contributed by atoms with Gasteiger partial charge in [0.2, 0.25) is 0 Å². The van der Waals surface area contributed by atoms with Crippen LogP contribution in [0.25, 0.3) is 22.2 Å². The summed E-state index contributed by atoms with van der Waals surface area (Å²) in [7, 11) is 0. The van der Waals surface area contributed by atoms with Crippen LogP contribution >= 0.6 is 15.9 Å². The van der Waals surface area contributed by atoms with Crippen LogP contribution in [0.5, 0.6) is 5.75 Å². The molecule has 29 heavy (non-hydrogen) atoms. The number of ether oxygens (including phenoxy) is 1. The lowest BCUT2D eigenvalue weighted by Crippen LogP contribution is -2.10. The molecule has 3 nitrogen and oxygen atoms in total. The van der Waals surface area contributed by atoms with E-state index in [0.29, 0.717) is 11.3 Å². The number of rotatable bonds is 3. The highest BCUT2D eigenvalue weighted by molar-refractivity contribution is 9.10. The largest absolute Gasteiger partial charge is 0.423 e. The summed E-state index contributed by atoms with van der Waals surface area (Å²) in [5.74, 6) is 0.158. The zero-order chi connectivity index (χ0) is 20.5. The summed E-state index contributed by atoms with van der Waals surface area (Å²) >= 11 is 3.46. The minimum Gasteiger partial charge on any atom is -0.423 e. The Morgan fingerprint density at radius 1 is 0.862 bits per heavy atom. The summed E-state index contributed by atoms with van der Waals surface area (Å²) < 4.78 is 6.71. The molecule has 4 rings (SSSR count). The zero-order valence-corrected chi connectivity index (χ0v) is 18.1. The number of nitrogens with zero attached hydrogens (tertiary/aromatic N) is 1. The second-order valence-electron chi connectivity index (χ2n) is 7.22. The highest BCUT2D eigenvalue weighted by Crippen LogP contribution is 2.28. The number of esters is 1. The molecular formula is C25H20BrNO2. The average Bonchev–Trinajstić information content (AvgIpc) is 2.70. The van der Waals surface area contributed by atoms with Gasteiger partial charge in [0.25, 0.3) is 0 Å². The van der Waals surface area contributed by atoms with Gasteiger partial charge in [-0.05, 0) is 74.4 Å². The van der Waals surface area contributed by atoms with Gasteiger partial charge >= 0.3 is 5.97 Å². The number of aromatic nitrogens is 1. The topological polar surface area (TPSA) is 39.2 Å². The lowest BCUT2D eigenvalue weighted by molar-refractivity contribution is 0.0736. The summed E-state index contributed by atoms with van der Waals surface area (Å²) in [5.41, 5.74) is 6.26. The average molecular weight is 446 g/mol. The Morgan fingerprint density at radius 3 is 2.34 bits per heavy atom. The van der Waals surface area contributed by atoms with Gasteiger partial charge in [0.05, 0.1) is 16.8 Å². The van der Waals surface area contributed by atoms with Gasteiger partial charge in [0.15, 0.2) is 0 Å². The molecule has 0 fully saturated rings. The number of hydrogen-bond donors (Lipinski definition) is 0. The van der Waals surface area contributed by atoms with Gasteiger partial charge in [-0.3, -0.25) is 0 Å². The van der Waals surface area contributed by atoms with Gasteiger partial charge in [0, 0.05) is 15.4 Å². The van der Waals surface area contributed by atoms with Gasteiger partial charge in [-0.25, -0.2) is 9.78 Å². The third-order valence-electron chi connectivity index (χ3n) is 5.01. The van der Waals surface area contributed by atoms with Gasteiger partial charge < -0.3 is 4.74 Å². The molecule has 0 spiro atoms. The molecule has 1 heterocycles. The third-order valence-corrected chi connectivity index (χ3v) is 5.54. The van der Waals surface area contributed by atoms with Gasteiger partial charge in [-0.2, -0.15) is 0 Å². The van der Waals surface area contributed by atoms with E-state index >= 15 is 0 Å². The van der Waals surface area contributed by atoms with Crippen LogP contribution in [0.4, 0.5) is 0 Å². The number of fused-ring (bicyclic) bond motifs is 1. The van der Waals surface area contributed by atoms with Crippen molar-refractivity contribution in [1.29, 1.82) is 0 Å². The van der Waals surface area contributed by atoms with Crippen LogP contribution in [0.15, 0.2) is 71.2 Å². The molecule has 0 saturated heterocycles. The first-order chi connectivity index (χ1) is 13.9. The highest BCUT2D eigenvalue weighted by Gasteiger charge is 2.17. The van der Waals surface area contributed by atoms with E-state index in [0.717, 1.165) is 43.3 Å². The Kier molecular flexibility index (Phi) is 5.20. The van der Waals surface area contributed by atoms with Crippen molar-refractivity contribution < 1.29 is 9.53 Å². The van der Waals surface area contributed by atoms with Crippen molar-refractivity contribution in [3.63, 3.8) is 0 Å². The van der Waals surface area contributed by atoms with E-state index in [1.54, 1.807) is 0 Å². The number of carbonyl (C=O) groups excluding carboxylic acids is 1. The fourth-order valence-electron chi connectivity index (χ4n) is 3.22. The lowest BCUT2D eigenvalue weighted by atomic mass is 10.0. The molecule has 0 N–H and O–H groups in total. The fraction of sp³-hybridized carbons (Fsp3) is 0.120. The second-order valence-corrected chi connectivity index (χ2v) is 8.13. The number of carbonyl (C=O) groups is 1. The molecule has 0 aliphatic rings. The zero-order valence-electron chi connectivity index (χ0n) is 16.5. The molecule has 1 aromatic heterocycles. The maximum absolute atomic E-state index is 13.1. The van der Waals surface area contributed by atoms with Crippen LogP contribution in [0, 0.1) is 20.8 Å². The Labute approximate surface area is 178 Å². The minimum absolute atomic E-state index is 0.385. The van der Waals surface area contributed by atoms with E-state index in [9.17, 15) is 4.79 Å². The maximum atomic E-state index is 13.1. The van der Waals surface area contributed by atoms with Gasteiger partial charge in [0.1, 0.15) is 5.75 Å². The molecule has 0 aliphatic carbocycles. The van der Waals surface area contributed by atoms with E-state index in [1.165, 1.54) is 0 Å². The fourth-order valence-corrected chi connectivity index (χ4v) is 3.48. The number of benzene rings is 3. The van der Waals surface area contributed by atoms with E-state index in [2.05, 4.69) is 15.9 Å². The van der Waals surface area contributed by atoms with Crippen molar-refractivity contribution in [3.8, 4) is 17.0 Å². The summed E-state index contributed by atoms with van der Waals surface area (Å²) in [4.78, 5) is 17.9. The van der Waals surface area contributed by atoms with Crippen molar-refractivity contribution in [1.82, 2.24) is 4.98 Å². The first-order valence-corrected chi connectivity index (χ1v) is 10.2. The number of halogens is 1. The molecule has 144 valence electrons. The molecule has 3 aromatic carbocycles. The standard InChI is InChI=1S/C25H20BrNO2/c1-15-4-11-23-21(12-15)22(14-24(27-23)18-6-8-19(26)9-7-18)25(28)29-20-10-5-16(2)17(3)13-20/h4-14H,1-3H3. The lowest BCUT2D eigenvalue weighted by Gasteiger charge is -2.11. The SMILES string of the molecule is Cc1ccc2nc(-c3ccc(Br)cc3)cc(C(=O)Oc3ccc(C)c(C)c3)c2c1. The highest BCUT2D eigenvalue weighted by atomic mass is 79.9. The predicted molar refractivity (Wildman–Crippen MR) is 120 cm³/mol. The Balaban J connectivity index is 1.82. The smallest absolute Gasteiger partial charge is 0.344 e. The normalized spacial score (nSPS) is 10.9. The molecule has 0 unspecified atom stereocenters. The van der Waals surface area contributed by atoms with Gasteiger partial charge in [-0.1, -0.05) is 45.8 Å². The van der Waals surface area contributed by atoms with Crippen molar-refractivity contribution in [3.05, 3.63) is 93.5 Å². The van der Waals surface area contributed by atoms with E-state index < -0.39 is 0 Å². The maximum Gasteiger partial charge on any atom is 0.344 e. The Bertz CT molecular complexity index is 1230. The quantitative estimate of drug-likeness (QED) is 0.256. The van der Waals surface area contributed by atoms with Crippen LogP contribution < -0.4 is 4.74 Å². The van der Waals surface area contributed by atoms with Crippen molar-refractivity contribution in [2.75, 3.05) is 0 Å². The van der Waals surface area contributed by atoms with Crippen LogP contribution in [-0.2, 0) is 0 Å². The molecule has 0 amide bonds. The van der Waals surface area contributed by atoms with E-state index in [4.69, 9.17) is 9.72 Å². The van der Waals surface area contributed by atoms with E-state index in [-0.39, 0.29) is 5.97 Å². The number of pyridine rings is 1. The monoisotopic (exact) mass is 445 g/mol. The predicted octanol–water partition coefficient (Wildman–Crippen LogP) is 6.81. The number of hydrogen-bond acceptors (Lipinski definition) is 3. The summed E-state index contributed by atoms with van der Waals surface area (Å²) in [5, 5.41) is 0.791. The molecule has 0 radical (unpaired) electrons. The molecule has 0 saturated carbocycles. The van der Waals surface area contributed by atoms with Crippen molar-refractivity contribution >= 4 is 32.8 Å². The van der Waals surface area contributed by atoms with Crippen LogP contribution in [0.3, 0.4) is 0 Å².